The maximum Gasteiger partial charge on any atom is 0.345 e. The first kappa shape index (κ1) is 37.8. The number of rotatable bonds is 7. The molecule has 0 aliphatic carbocycles. The number of ether oxygens (including phenoxy) is 4. The zero-order valence-corrected chi connectivity index (χ0v) is 31.4. The molecule has 0 saturated carbocycles. The van der Waals surface area contributed by atoms with Gasteiger partial charge in [-0.05, 0) is 72.2 Å². The Bertz CT molecular complexity index is 2500. The lowest BCUT2D eigenvalue weighted by Gasteiger charge is -2.19. The van der Waals surface area contributed by atoms with E-state index >= 15 is 0 Å². The Kier molecular flexibility index (Phi) is 11.7. The number of carbonyl (C=O) groups is 1. The summed E-state index contributed by atoms with van der Waals surface area (Å²) in [6, 6.07) is 20.4. The molecule has 0 amide bonds. The van der Waals surface area contributed by atoms with E-state index in [1.165, 1.54) is 29.8 Å². The van der Waals surface area contributed by atoms with E-state index < -0.39 is 12.1 Å². The van der Waals surface area contributed by atoms with Crippen LogP contribution in [0.1, 0.15) is 16.8 Å². The molecule has 2 N–H and O–H groups in total. The first-order chi connectivity index (χ1) is 27.3. The highest BCUT2D eigenvalue weighted by Gasteiger charge is 2.27. The lowest BCUT2D eigenvalue weighted by molar-refractivity contribution is -0.145. The number of hydrogen-bond donors (Lipinski definition) is 2. The number of para-hydroxylation sites is 1. The standard InChI is InChI=1S/C42H33ClFN5O6S/c1-3-32(43)33-9-6-8-31-37-40(47-24-48-41(37)56-38(31)25-11-13-27(44)14-12-25)55-36(42(50)51)22-26-21-29(53-20-19-45-33)15-16-34(26)54-23-28-17-18-46-39(49-28)30-7-4-5-10-35(30)52-2/h1,4-7,9-18,21,24,36,45H,8,19-20,22-23H2,2H3,(H,50,51)/b9-6-,33-32-/t36-/m1/s1. The fourth-order valence-corrected chi connectivity index (χ4v) is 7.36. The van der Waals surface area contributed by atoms with Gasteiger partial charge < -0.3 is 29.4 Å². The molecule has 0 saturated heterocycles. The lowest BCUT2D eigenvalue weighted by atomic mass is 10.0. The van der Waals surface area contributed by atoms with Gasteiger partial charge in [-0.3, -0.25) is 0 Å². The Balaban J connectivity index is 1.26. The molecule has 11 nitrogen and oxygen atoms in total. The number of nitrogens with zero attached hydrogens (tertiary/aromatic N) is 4. The Hall–Kier alpha value is -6.49. The van der Waals surface area contributed by atoms with Crippen LogP contribution in [0.5, 0.6) is 23.1 Å². The smallest absolute Gasteiger partial charge is 0.345 e. The molecular weight excluding hydrogens is 757 g/mol. The second kappa shape index (κ2) is 17.3. The molecule has 6 aromatic rings. The highest BCUT2D eigenvalue weighted by atomic mass is 35.5. The number of aliphatic carboxylic acids is 1. The summed E-state index contributed by atoms with van der Waals surface area (Å²) >= 11 is 7.79. The molecule has 14 heteroatoms. The van der Waals surface area contributed by atoms with Crippen LogP contribution in [0.15, 0.2) is 108 Å². The van der Waals surface area contributed by atoms with Crippen molar-refractivity contribution in [3.63, 3.8) is 0 Å². The minimum Gasteiger partial charge on any atom is -0.496 e. The Morgan fingerprint density at radius 3 is 2.75 bits per heavy atom. The number of thiophene rings is 1. The van der Waals surface area contributed by atoms with E-state index in [4.69, 9.17) is 42.0 Å². The Morgan fingerprint density at radius 1 is 1.11 bits per heavy atom. The van der Waals surface area contributed by atoms with Crippen molar-refractivity contribution in [1.29, 1.82) is 0 Å². The van der Waals surface area contributed by atoms with Gasteiger partial charge in [-0.25, -0.2) is 29.1 Å². The van der Waals surface area contributed by atoms with Crippen molar-refractivity contribution in [2.24, 2.45) is 0 Å². The van der Waals surface area contributed by atoms with Gasteiger partial charge in [0, 0.05) is 29.6 Å². The molecule has 56 heavy (non-hydrogen) atoms. The molecular formula is C42H33ClFN5O6S. The fraction of sp³-hybridized carbons (Fsp3) is 0.167. The third-order valence-electron chi connectivity index (χ3n) is 8.72. The average Bonchev–Trinajstić information content (AvgIpc) is 3.59. The maximum atomic E-state index is 14.0. The first-order valence-corrected chi connectivity index (χ1v) is 18.5. The number of methoxy groups -OCH3 is 1. The quantitative estimate of drug-likeness (QED) is 0.153. The van der Waals surface area contributed by atoms with Gasteiger partial charge in [0.05, 0.1) is 29.5 Å². The summed E-state index contributed by atoms with van der Waals surface area (Å²) in [7, 11) is 1.58. The van der Waals surface area contributed by atoms with Crippen LogP contribution in [0.4, 0.5) is 4.39 Å². The van der Waals surface area contributed by atoms with Crippen molar-refractivity contribution in [2.45, 2.75) is 25.6 Å². The van der Waals surface area contributed by atoms with Crippen LogP contribution in [-0.2, 0) is 24.2 Å². The largest absolute Gasteiger partial charge is 0.496 e. The van der Waals surface area contributed by atoms with Crippen LogP contribution in [-0.4, -0.2) is 57.4 Å². The molecule has 7 rings (SSSR count). The number of halogens is 2. The number of fused-ring (bicyclic) bond motifs is 2. The highest BCUT2D eigenvalue weighted by molar-refractivity contribution is 7.22. The van der Waals surface area contributed by atoms with Crippen LogP contribution in [0.25, 0.3) is 32.0 Å². The normalized spacial score (nSPS) is 15.9. The maximum absolute atomic E-state index is 14.0. The molecule has 2 bridgehead atoms. The lowest BCUT2D eigenvalue weighted by Crippen LogP contribution is -2.30. The molecule has 3 aromatic heterocycles. The predicted molar refractivity (Wildman–Crippen MR) is 211 cm³/mol. The third kappa shape index (κ3) is 8.57. The number of hydrogen-bond acceptors (Lipinski definition) is 11. The number of nitrogens with one attached hydrogen (secondary N) is 1. The first-order valence-electron chi connectivity index (χ1n) is 17.3. The monoisotopic (exact) mass is 789 g/mol. The average molecular weight is 790 g/mol. The van der Waals surface area contributed by atoms with E-state index in [2.05, 4.69) is 26.2 Å². The molecule has 0 unspecified atom stereocenters. The summed E-state index contributed by atoms with van der Waals surface area (Å²) in [6.07, 6.45) is 11.1. The molecule has 0 radical (unpaired) electrons. The second-order valence-corrected chi connectivity index (χ2v) is 13.7. The molecule has 282 valence electrons. The number of carboxylic acids is 1. The number of benzene rings is 3. The van der Waals surface area contributed by atoms with Crippen LogP contribution >= 0.6 is 22.9 Å². The van der Waals surface area contributed by atoms with Crippen molar-refractivity contribution in [2.75, 3.05) is 20.3 Å². The molecule has 1 aliphatic rings. The minimum atomic E-state index is -1.40. The van der Waals surface area contributed by atoms with Gasteiger partial charge in [0.15, 0.2) is 5.82 Å². The van der Waals surface area contributed by atoms with E-state index in [1.807, 2.05) is 30.3 Å². The molecule has 0 fully saturated rings. The summed E-state index contributed by atoms with van der Waals surface area (Å²) in [4.78, 5) is 32.3. The van der Waals surface area contributed by atoms with E-state index in [9.17, 15) is 14.3 Å². The van der Waals surface area contributed by atoms with Crippen molar-refractivity contribution in [1.82, 2.24) is 25.3 Å². The van der Waals surface area contributed by atoms with Crippen LogP contribution in [0.2, 0.25) is 0 Å². The number of terminal acetylenes is 1. The zero-order chi connectivity index (χ0) is 39.0. The van der Waals surface area contributed by atoms with Gasteiger partial charge in [0.2, 0.25) is 12.0 Å². The van der Waals surface area contributed by atoms with E-state index in [-0.39, 0.29) is 36.4 Å². The molecule has 1 aliphatic heterocycles. The van der Waals surface area contributed by atoms with Crippen LogP contribution < -0.4 is 24.3 Å². The van der Waals surface area contributed by atoms with E-state index in [1.54, 1.807) is 55.8 Å². The second-order valence-electron chi connectivity index (χ2n) is 12.3. The molecule has 3 aromatic carbocycles. The van der Waals surface area contributed by atoms with Crippen molar-refractivity contribution < 1.29 is 33.2 Å². The SMILES string of the molecule is C#C/C(Cl)=C1\C=C/Cc2c(-c3ccc(F)cc3)sc3ncnc(c23)O[C@@H](C(=O)O)Cc2cc(ccc2OCc2ccnc(-c3ccccc3OC)n2)OCCN1. The minimum absolute atomic E-state index is 0.0510. The van der Waals surface area contributed by atoms with Gasteiger partial charge in [-0.1, -0.05) is 47.9 Å². The molecule has 4 heterocycles. The van der Waals surface area contributed by atoms with Gasteiger partial charge >= 0.3 is 5.97 Å². The van der Waals surface area contributed by atoms with Gasteiger partial charge in [-0.15, -0.1) is 17.8 Å². The predicted octanol–water partition coefficient (Wildman–Crippen LogP) is 7.78. The molecule has 1 atom stereocenters. The Labute approximate surface area is 330 Å². The third-order valence-corrected chi connectivity index (χ3v) is 10.2. The van der Waals surface area contributed by atoms with E-state index in [0.29, 0.717) is 63.2 Å². The number of aromatic nitrogens is 4. The highest BCUT2D eigenvalue weighted by Crippen LogP contribution is 2.42. The summed E-state index contributed by atoms with van der Waals surface area (Å²) in [5, 5.41) is 14.5. The van der Waals surface area contributed by atoms with Crippen molar-refractivity contribution in [3.05, 3.63) is 131 Å². The van der Waals surface area contributed by atoms with Crippen molar-refractivity contribution >= 4 is 39.1 Å². The summed E-state index contributed by atoms with van der Waals surface area (Å²) in [6.45, 7) is 0.613. The molecule has 0 spiro atoms. The van der Waals surface area contributed by atoms with Gasteiger partial charge in [0.25, 0.3) is 0 Å². The number of allylic oxidation sites excluding steroid dienone is 3. The van der Waals surface area contributed by atoms with Gasteiger partial charge in [-0.2, -0.15) is 0 Å². The van der Waals surface area contributed by atoms with E-state index in [0.717, 1.165) is 21.6 Å². The number of carboxylic acid groups (broad SMARTS) is 1. The summed E-state index contributed by atoms with van der Waals surface area (Å²) < 4.78 is 38.1. The van der Waals surface area contributed by atoms with Gasteiger partial charge in [0.1, 0.15) is 52.5 Å². The van der Waals surface area contributed by atoms with Crippen LogP contribution in [0, 0.1) is 18.2 Å². The zero-order valence-electron chi connectivity index (χ0n) is 29.9. The summed E-state index contributed by atoms with van der Waals surface area (Å²) in [5.74, 6) is 2.92. The van der Waals surface area contributed by atoms with Crippen LogP contribution in [0.3, 0.4) is 0 Å². The fourth-order valence-electron chi connectivity index (χ4n) is 6.06. The topological polar surface area (TPSA) is 138 Å². The van der Waals surface area contributed by atoms with Crippen molar-refractivity contribution in [3.8, 4) is 57.3 Å². The summed E-state index contributed by atoms with van der Waals surface area (Å²) in [5.41, 5.74) is 3.82. The Morgan fingerprint density at radius 2 is 1.95 bits per heavy atom.